The lowest BCUT2D eigenvalue weighted by atomic mass is 10.2. The van der Waals surface area contributed by atoms with Crippen molar-refractivity contribution in [1.29, 1.82) is 0 Å². The molecule has 0 aliphatic carbocycles. The van der Waals surface area contributed by atoms with Gasteiger partial charge in [-0.15, -0.1) is 0 Å². The molecule has 0 amide bonds. The van der Waals surface area contributed by atoms with Gasteiger partial charge in [-0.2, -0.15) is 0 Å². The maximum atomic E-state index is 12.0. The standard InChI is InChI=1S/C9H9BrF2N2O2/c10-5-1-2-6(9(13)14-15)7(3-5)16-4-8(11)12/h1-3,8,15H,4H2,(H2,13,14). The van der Waals surface area contributed by atoms with Crippen LogP contribution in [0, 0.1) is 0 Å². The maximum absolute atomic E-state index is 12.0. The minimum atomic E-state index is -2.58. The molecule has 0 fully saturated rings. The zero-order valence-corrected chi connectivity index (χ0v) is 9.62. The van der Waals surface area contributed by atoms with E-state index in [1.165, 1.54) is 12.1 Å². The van der Waals surface area contributed by atoms with Gasteiger partial charge in [-0.3, -0.25) is 0 Å². The molecule has 0 unspecified atom stereocenters. The molecule has 0 atom stereocenters. The van der Waals surface area contributed by atoms with Crippen molar-refractivity contribution in [2.45, 2.75) is 6.43 Å². The summed E-state index contributed by atoms with van der Waals surface area (Å²) < 4.78 is 29.5. The van der Waals surface area contributed by atoms with Crippen molar-refractivity contribution in [2.24, 2.45) is 10.9 Å². The van der Waals surface area contributed by atoms with Gasteiger partial charge in [0.05, 0.1) is 5.56 Å². The van der Waals surface area contributed by atoms with Crippen LogP contribution in [-0.4, -0.2) is 24.1 Å². The second-order valence-corrected chi connectivity index (χ2v) is 3.74. The fourth-order valence-electron chi connectivity index (χ4n) is 1.03. The van der Waals surface area contributed by atoms with E-state index in [0.717, 1.165) is 0 Å². The van der Waals surface area contributed by atoms with Gasteiger partial charge in [0, 0.05) is 4.47 Å². The van der Waals surface area contributed by atoms with E-state index >= 15 is 0 Å². The largest absolute Gasteiger partial charge is 0.487 e. The summed E-state index contributed by atoms with van der Waals surface area (Å²) in [7, 11) is 0. The molecule has 0 saturated carbocycles. The lowest BCUT2D eigenvalue weighted by molar-refractivity contribution is 0.0818. The quantitative estimate of drug-likeness (QED) is 0.387. The van der Waals surface area contributed by atoms with Gasteiger partial charge in [0.1, 0.15) is 12.4 Å². The smallest absolute Gasteiger partial charge is 0.272 e. The molecule has 4 nitrogen and oxygen atoms in total. The van der Waals surface area contributed by atoms with Crippen molar-refractivity contribution in [3.8, 4) is 5.75 Å². The summed E-state index contributed by atoms with van der Waals surface area (Å²) in [6.07, 6.45) is -2.58. The average Bonchev–Trinajstić information content (AvgIpc) is 2.25. The van der Waals surface area contributed by atoms with Gasteiger partial charge in [-0.1, -0.05) is 21.1 Å². The van der Waals surface area contributed by atoms with Crippen molar-refractivity contribution < 1.29 is 18.7 Å². The maximum Gasteiger partial charge on any atom is 0.272 e. The summed E-state index contributed by atoms with van der Waals surface area (Å²) in [5.74, 6) is -0.0678. The average molecular weight is 295 g/mol. The highest BCUT2D eigenvalue weighted by Crippen LogP contribution is 2.24. The molecule has 1 aromatic carbocycles. The zero-order valence-electron chi connectivity index (χ0n) is 8.03. The molecule has 7 heteroatoms. The first-order chi connectivity index (χ1) is 7.54. The number of amidine groups is 1. The molecule has 0 aliphatic heterocycles. The van der Waals surface area contributed by atoms with E-state index in [1.54, 1.807) is 6.07 Å². The number of nitrogens with two attached hydrogens (primary N) is 1. The van der Waals surface area contributed by atoms with Gasteiger partial charge >= 0.3 is 0 Å². The number of nitrogens with zero attached hydrogens (tertiary/aromatic N) is 1. The van der Waals surface area contributed by atoms with Crippen LogP contribution in [0.25, 0.3) is 0 Å². The summed E-state index contributed by atoms with van der Waals surface area (Å²) in [6, 6.07) is 4.60. The number of hydrogen-bond acceptors (Lipinski definition) is 3. The minimum absolute atomic E-state index is 0.130. The van der Waals surface area contributed by atoms with Crippen molar-refractivity contribution >= 4 is 21.8 Å². The van der Waals surface area contributed by atoms with Gasteiger partial charge in [-0.25, -0.2) is 8.78 Å². The Bertz CT molecular complexity index is 399. The number of hydrogen-bond donors (Lipinski definition) is 2. The van der Waals surface area contributed by atoms with E-state index in [4.69, 9.17) is 15.7 Å². The van der Waals surface area contributed by atoms with Gasteiger partial charge in [0.2, 0.25) is 0 Å². The molecule has 0 radical (unpaired) electrons. The highest BCUT2D eigenvalue weighted by molar-refractivity contribution is 9.10. The molecular formula is C9H9BrF2N2O2. The summed E-state index contributed by atoms with van der Waals surface area (Å²) in [4.78, 5) is 0. The number of oxime groups is 1. The Kier molecular flexibility index (Phi) is 4.48. The topological polar surface area (TPSA) is 67.8 Å². The van der Waals surface area contributed by atoms with Gasteiger partial charge in [-0.05, 0) is 18.2 Å². The van der Waals surface area contributed by atoms with Crippen LogP contribution in [0.15, 0.2) is 27.8 Å². The van der Waals surface area contributed by atoms with E-state index in [2.05, 4.69) is 21.1 Å². The Balaban J connectivity index is 2.99. The Morgan fingerprint density at radius 1 is 1.56 bits per heavy atom. The Morgan fingerprint density at radius 3 is 2.81 bits per heavy atom. The first-order valence-electron chi connectivity index (χ1n) is 4.23. The van der Waals surface area contributed by atoms with Gasteiger partial charge in [0.25, 0.3) is 6.43 Å². The second kappa shape index (κ2) is 5.64. The number of rotatable bonds is 4. The van der Waals surface area contributed by atoms with Crippen molar-refractivity contribution in [3.63, 3.8) is 0 Å². The third kappa shape index (κ3) is 3.34. The van der Waals surface area contributed by atoms with Crippen molar-refractivity contribution in [1.82, 2.24) is 0 Å². The van der Waals surface area contributed by atoms with E-state index in [0.29, 0.717) is 4.47 Å². The molecule has 0 spiro atoms. The van der Waals surface area contributed by atoms with Crippen LogP contribution in [0.4, 0.5) is 8.78 Å². The van der Waals surface area contributed by atoms with E-state index in [9.17, 15) is 8.78 Å². The van der Waals surface area contributed by atoms with Crippen molar-refractivity contribution in [3.05, 3.63) is 28.2 Å². The summed E-state index contributed by atoms with van der Waals surface area (Å²) in [6.45, 7) is -0.748. The molecular weight excluding hydrogens is 286 g/mol. The molecule has 1 rings (SSSR count). The molecule has 0 aliphatic rings. The monoisotopic (exact) mass is 294 g/mol. The predicted molar refractivity (Wildman–Crippen MR) is 58.2 cm³/mol. The lowest BCUT2D eigenvalue weighted by Crippen LogP contribution is -2.16. The Labute approximate surface area is 98.8 Å². The first-order valence-corrected chi connectivity index (χ1v) is 5.02. The van der Waals surface area contributed by atoms with Crippen LogP contribution in [0.2, 0.25) is 0 Å². The third-order valence-corrected chi connectivity index (χ3v) is 2.19. The zero-order chi connectivity index (χ0) is 12.1. The summed E-state index contributed by atoms with van der Waals surface area (Å²) in [5.41, 5.74) is 5.62. The van der Waals surface area contributed by atoms with Crippen LogP contribution in [0.1, 0.15) is 5.56 Å². The summed E-state index contributed by atoms with van der Waals surface area (Å²) >= 11 is 3.16. The van der Waals surface area contributed by atoms with Crippen LogP contribution in [0.3, 0.4) is 0 Å². The Morgan fingerprint density at radius 2 is 2.25 bits per heavy atom. The second-order valence-electron chi connectivity index (χ2n) is 2.83. The predicted octanol–water partition coefficient (Wildman–Crippen LogP) is 2.19. The van der Waals surface area contributed by atoms with Crippen LogP contribution in [0.5, 0.6) is 5.75 Å². The highest BCUT2D eigenvalue weighted by atomic mass is 79.9. The lowest BCUT2D eigenvalue weighted by Gasteiger charge is -2.10. The fourth-order valence-corrected chi connectivity index (χ4v) is 1.37. The molecule has 1 aromatic rings. The minimum Gasteiger partial charge on any atom is -0.487 e. The number of ether oxygens (including phenoxy) is 1. The highest BCUT2D eigenvalue weighted by Gasteiger charge is 2.11. The van der Waals surface area contributed by atoms with Crippen molar-refractivity contribution in [2.75, 3.05) is 6.61 Å². The SMILES string of the molecule is N/C(=N/O)c1ccc(Br)cc1OCC(F)F. The molecule has 88 valence electrons. The number of alkyl halides is 2. The van der Waals surface area contributed by atoms with Gasteiger partial charge < -0.3 is 15.7 Å². The normalized spacial score (nSPS) is 11.9. The molecule has 0 aromatic heterocycles. The molecule has 0 saturated heterocycles. The molecule has 16 heavy (non-hydrogen) atoms. The van der Waals surface area contributed by atoms with Crippen LogP contribution < -0.4 is 10.5 Å². The van der Waals surface area contributed by atoms with E-state index in [-0.39, 0.29) is 17.1 Å². The van der Waals surface area contributed by atoms with E-state index in [1.807, 2.05) is 0 Å². The number of halogens is 3. The first kappa shape index (κ1) is 12.7. The third-order valence-electron chi connectivity index (χ3n) is 1.69. The van der Waals surface area contributed by atoms with Crippen LogP contribution in [-0.2, 0) is 0 Å². The summed E-state index contributed by atoms with van der Waals surface area (Å²) in [5, 5.41) is 11.3. The number of benzene rings is 1. The molecule has 0 bridgehead atoms. The van der Waals surface area contributed by atoms with E-state index < -0.39 is 13.0 Å². The fraction of sp³-hybridized carbons (Fsp3) is 0.222. The van der Waals surface area contributed by atoms with Gasteiger partial charge in [0.15, 0.2) is 5.84 Å². The van der Waals surface area contributed by atoms with Crippen LogP contribution >= 0.6 is 15.9 Å². The molecule has 3 N–H and O–H groups in total. The molecule has 0 heterocycles. The Hall–Kier alpha value is -1.37.